The number of rotatable bonds is 4. The topological polar surface area (TPSA) is 60.9 Å². The van der Waals surface area contributed by atoms with Crippen LogP contribution in [0, 0.1) is 11.8 Å². The highest BCUT2D eigenvalue weighted by Crippen LogP contribution is 2.47. The van der Waals surface area contributed by atoms with Crippen molar-refractivity contribution in [3.63, 3.8) is 0 Å². The Morgan fingerprint density at radius 2 is 1.84 bits per heavy atom. The van der Waals surface area contributed by atoms with E-state index in [0.717, 1.165) is 24.8 Å². The minimum atomic E-state index is -1.13. The predicted molar refractivity (Wildman–Crippen MR) is 93.6 cm³/mol. The van der Waals surface area contributed by atoms with Crippen LogP contribution >= 0.6 is 11.6 Å². The number of amides is 2. The second-order valence-electron chi connectivity index (χ2n) is 7.53. The van der Waals surface area contributed by atoms with Crippen molar-refractivity contribution in [3.05, 3.63) is 34.9 Å². The van der Waals surface area contributed by atoms with Crippen LogP contribution in [-0.2, 0) is 16.0 Å². The molecule has 3 fully saturated rings. The van der Waals surface area contributed by atoms with Gasteiger partial charge in [0.05, 0.1) is 0 Å². The van der Waals surface area contributed by atoms with E-state index in [-0.39, 0.29) is 24.3 Å². The van der Waals surface area contributed by atoms with Crippen molar-refractivity contribution in [1.82, 2.24) is 9.80 Å². The molecule has 1 heterocycles. The zero-order valence-corrected chi connectivity index (χ0v) is 14.9. The molecule has 4 unspecified atom stereocenters. The van der Waals surface area contributed by atoms with Gasteiger partial charge >= 0.3 is 0 Å². The summed E-state index contributed by atoms with van der Waals surface area (Å²) in [7, 11) is 0. The van der Waals surface area contributed by atoms with Crippen molar-refractivity contribution in [2.45, 2.75) is 50.9 Å². The summed E-state index contributed by atoms with van der Waals surface area (Å²) in [5, 5.41) is 11.4. The zero-order valence-electron chi connectivity index (χ0n) is 14.1. The number of carbonyl (C=O) groups excluding carboxylic acids is 2. The van der Waals surface area contributed by atoms with Crippen LogP contribution in [-0.4, -0.2) is 45.7 Å². The largest absolute Gasteiger partial charge is 0.356 e. The number of carbonyl (C=O) groups is 2. The monoisotopic (exact) mass is 362 g/mol. The van der Waals surface area contributed by atoms with Crippen molar-refractivity contribution >= 4 is 23.4 Å². The van der Waals surface area contributed by atoms with E-state index in [1.54, 1.807) is 4.90 Å². The van der Waals surface area contributed by atoms with Crippen LogP contribution in [0.1, 0.15) is 37.7 Å². The molecule has 1 aliphatic heterocycles. The summed E-state index contributed by atoms with van der Waals surface area (Å²) >= 11 is 5.90. The Labute approximate surface area is 152 Å². The second-order valence-corrected chi connectivity index (χ2v) is 7.97. The highest BCUT2D eigenvalue weighted by Gasteiger charge is 2.49. The molecule has 3 aliphatic rings. The third-order valence-electron chi connectivity index (χ3n) is 6.05. The minimum absolute atomic E-state index is 0.0902. The van der Waals surface area contributed by atoms with Gasteiger partial charge in [-0.25, -0.2) is 0 Å². The first-order chi connectivity index (χ1) is 12.0. The normalized spacial score (nSPS) is 31.9. The minimum Gasteiger partial charge on any atom is -0.356 e. The Morgan fingerprint density at radius 1 is 1.08 bits per heavy atom. The standard InChI is InChI=1S/C19H23ClN2O3/c20-15-5-2-12(3-6-15)7-8-21-17(23)11-18(24)22(19(21)25)16-10-13-1-4-14(16)9-13/h2-3,5-6,13-14,16,19,25H,1,4,7-11H2. The summed E-state index contributed by atoms with van der Waals surface area (Å²) < 4.78 is 0. The molecule has 2 bridgehead atoms. The van der Waals surface area contributed by atoms with Crippen molar-refractivity contribution in [2.24, 2.45) is 11.8 Å². The van der Waals surface area contributed by atoms with E-state index in [2.05, 4.69) is 0 Å². The SMILES string of the molecule is O=C1CC(=O)N(C2CC3CCC2C3)C(O)N1CCc1ccc(Cl)cc1. The number of halogens is 1. The Morgan fingerprint density at radius 3 is 2.48 bits per heavy atom. The third-order valence-corrected chi connectivity index (χ3v) is 6.30. The molecule has 4 atom stereocenters. The predicted octanol–water partition coefficient (Wildman–Crippen LogP) is 2.41. The molecule has 5 nitrogen and oxygen atoms in total. The molecule has 4 rings (SSSR count). The van der Waals surface area contributed by atoms with E-state index < -0.39 is 6.35 Å². The van der Waals surface area contributed by atoms with Gasteiger partial charge in [-0.1, -0.05) is 30.2 Å². The van der Waals surface area contributed by atoms with E-state index in [1.807, 2.05) is 24.3 Å². The maximum absolute atomic E-state index is 12.4. The first-order valence-electron chi connectivity index (χ1n) is 9.06. The van der Waals surface area contributed by atoms with E-state index in [4.69, 9.17) is 11.6 Å². The maximum atomic E-state index is 12.4. The molecule has 2 saturated carbocycles. The zero-order chi connectivity index (χ0) is 17.6. The molecular formula is C19H23ClN2O3. The molecule has 1 saturated heterocycles. The fourth-order valence-electron chi connectivity index (χ4n) is 4.78. The Bertz CT molecular complexity index is 678. The number of benzene rings is 1. The van der Waals surface area contributed by atoms with Gasteiger partial charge in [-0.2, -0.15) is 0 Å². The van der Waals surface area contributed by atoms with Crippen LogP contribution in [0.15, 0.2) is 24.3 Å². The lowest BCUT2D eigenvalue weighted by molar-refractivity contribution is -0.190. The van der Waals surface area contributed by atoms with Crippen molar-refractivity contribution < 1.29 is 14.7 Å². The molecule has 0 aromatic heterocycles. The van der Waals surface area contributed by atoms with Gasteiger partial charge in [0.1, 0.15) is 6.42 Å². The van der Waals surface area contributed by atoms with Gasteiger partial charge in [0.25, 0.3) is 0 Å². The lowest BCUT2D eigenvalue weighted by atomic mass is 9.93. The van der Waals surface area contributed by atoms with Crippen LogP contribution < -0.4 is 0 Å². The van der Waals surface area contributed by atoms with Crippen LogP contribution in [0.25, 0.3) is 0 Å². The molecular weight excluding hydrogens is 340 g/mol. The molecule has 134 valence electrons. The van der Waals surface area contributed by atoms with E-state index >= 15 is 0 Å². The summed E-state index contributed by atoms with van der Waals surface area (Å²) in [6.07, 6.45) is 3.84. The average Bonchev–Trinajstić information content (AvgIpc) is 3.19. The van der Waals surface area contributed by atoms with Gasteiger partial charge in [-0.15, -0.1) is 0 Å². The van der Waals surface area contributed by atoms with Crippen LogP contribution in [0.5, 0.6) is 0 Å². The Hall–Kier alpha value is -1.59. The molecule has 1 aromatic carbocycles. The molecule has 0 radical (unpaired) electrons. The van der Waals surface area contributed by atoms with E-state index in [9.17, 15) is 14.7 Å². The molecule has 2 aliphatic carbocycles. The van der Waals surface area contributed by atoms with Crippen molar-refractivity contribution in [2.75, 3.05) is 6.54 Å². The van der Waals surface area contributed by atoms with Crippen LogP contribution in [0.3, 0.4) is 0 Å². The third kappa shape index (κ3) is 3.15. The molecule has 25 heavy (non-hydrogen) atoms. The van der Waals surface area contributed by atoms with Gasteiger partial charge in [-0.05, 0) is 55.2 Å². The fraction of sp³-hybridized carbons (Fsp3) is 0.579. The summed E-state index contributed by atoms with van der Waals surface area (Å²) in [6, 6.07) is 7.56. The van der Waals surface area contributed by atoms with Crippen LogP contribution in [0.2, 0.25) is 5.02 Å². The van der Waals surface area contributed by atoms with Crippen molar-refractivity contribution in [3.8, 4) is 0 Å². The first kappa shape index (κ1) is 16.9. The number of aliphatic hydroxyl groups is 1. The number of hydrogen-bond acceptors (Lipinski definition) is 3. The number of hydrogen-bond donors (Lipinski definition) is 1. The quantitative estimate of drug-likeness (QED) is 0.837. The van der Waals surface area contributed by atoms with Gasteiger partial charge in [-0.3, -0.25) is 19.4 Å². The van der Waals surface area contributed by atoms with Crippen molar-refractivity contribution in [1.29, 1.82) is 0 Å². The number of fused-ring (bicyclic) bond motifs is 2. The molecule has 6 heteroatoms. The molecule has 0 spiro atoms. The number of aliphatic hydroxyl groups excluding tert-OH is 1. The highest BCUT2D eigenvalue weighted by atomic mass is 35.5. The Kier molecular flexibility index (Phi) is 4.46. The second kappa shape index (κ2) is 6.61. The lowest BCUT2D eigenvalue weighted by Gasteiger charge is -2.45. The fourth-order valence-corrected chi connectivity index (χ4v) is 4.90. The summed E-state index contributed by atoms with van der Waals surface area (Å²) in [4.78, 5) is 27.8. The smallest absolute Gasteiger partial charge is 0.235 e. The van der Waals surface area contributed by atoms with Gasteiger partial charge in [0.15, 0.2) is 0 Å². The van der Waals surface area contributed by atoms with Gasteiger partial charge in [0, 0.05) is 17.6 Å². The molecule has 2 amide bonds. The summed E-state index contributed by atoms with van der Waals surface area (Å²) in [5.74, 6) is 0.647. The van der Waals surface area contributed by atoms with E-state index in [1.165, 1.54) is 11.3 Å². The summed E-state index contributed by atoms with van der Waals surface area (Å²) in [6.45, 7) is 0.395. The van der Waals surface area contributed by atoms with Crippen LogP contribution in [0.4, 0.5) is 0 Å². The number of nitrogens with zero attached hydrogens (tertiary/aromatic N) is 2. The van der Waals surface area contributed by atoms with Gasteiger partial charge < -0.3 is 5.11 Å². The van der Waals surface area contributed by atoms with Gasteiger partial charge in [0.2, 0.25) is 18.2 Å². The highest BCUT2D eigenvalue weighted by molar-refractivity contribution is 6.30. The summed E-state index contributed by atoms with van der Waals surface area (Å²) in [5.41, 5.74) is 1.05. The maximum Gasteiger partial charge on any atom is 0.235 e. The lowest BCUT2D eigenvalue weighted by Crippen LogP contribution is -2.62. The Balaban J connectivity index is 1.46. The first-order valence-corrected chi connectivity index (χ1v) is 9.44. The average molecular weight is 363 g/mol. The molecule has 1 aromatic rings. The molecule has 1 N–H and O–H groups in total. The van der Waals surface area contributed by atoms with E-state index in [0.29, 0.717) is 29.8 Å².